The molecule has 1 N–H and O–H groups in total. The summed E-state index contributed by atoms with van der Waals surface area (Å²) >= 11 is 0. The standard InChI is InChI=1S/C16H13NO3/c1-2-20-16(19)13-9-17-14-8-11-6-4-3-5-10(11)7-12(14)15(13)18/h3-9H,2H2,1H3,(H,17,18). The molecule has 0 spiro atoms. The Hall–Kier alpha value is -2.62. The minimum atomic E-state index is -0.594. The maximum Gasteiger partial charge on any atom is 0.343 e. The van der Waals surface area contributed by atoms with E-state index in [2.05, 4.69) is 4.98 Å². The summed E-state index contributed by atoms with van der Waals surface area (Å²) < 4.78 is 4.89. The Morgan fingerprint density at radius 1 is 1.20 bits per heavy atom. The Morgan fingerprint density at radius 2 is 1.90 bits per heavy atom. The van der Waals surface area contributed by atoms with E-state index in [0.717, 1.165) is 10.8 Å². The van der Waals surface area contributed by atoms with Gasteiger partial charge in [0.05, 0.1) is 6.61 Å². The summed E-state index contributed by atoms with van der Waals surface area (Å²) in [5.41, 5.74) is 0.444. The summed E-state index contributed by atoms with van der Waals surface area (Å²) in [5, 5.41) is 2.50. The molecule has 20 heavy (non-hydrogen) atoms. The molecule has 0 bridgehead atoms. The van der Waals surface area contributed by atoms with E-state index in [-0.39, 0.29) is 17.6 Å². The number of aromatic nitrogens is 1. The van der Waals surface area contributed by atoms with Crippen LogP contribution in [0.2, 0.25) is 0 Å². The van der Waals surface area contributed by atoms with Crippen LogP contribution in [0.3, 0.4) is 0 Å². The van der Waals surface area contributed by atoms with Crippen LogP contribution in [0.5, 0.6) is 0 Å². The van der Waals surface area contributed by atoms with Crippen molar-refractivity contribution in [1.29, 1.82) is 0 Å². The molecular formula is C16H13NO3. The molecule has 0 atom stereocenters. The summed E-state index contributed by atoms with van der Waals surface area (Å²) in [6.07, 6.45) is 1.41. The Kier molecular flexibility index (Phi) is 2.99. The van der Waals surface area contributed by atoms with Crippen molar-refractivity contribution in [2.75, 3.05) is 6.61 Å². The highest BCUT2D eigenvalue weighted by Crippen LogP contribution is 2.19. The second-order valence-corrected chi connectivity index (χ2v) is 4.50. The monoisotopic (exact) mass is 267 g/mol. The normalized spacial score (nSPS) is 10.8. The maximum atomic E-state index is 12.4. The first-order valence-corrected chi connectivity index (χ1v) is 6.42. The van der Waals surface area contributed by atoms with Gasteiger partial charge in [-0.15, -0.1) is 0 Å². The van der Waals surface area contributed by atoms with Crippen molar-refractivity contribution < 1.29 is 9.53 Å². The number of hydrogen-bond acceptors (Lipinski definition) is 3. The van der Waals surface area contributed by atoms with E-state index >= 15 is 0 Å². The molecule has 0 amide bonds. The molecule has 0 aliphatic carbocycles. The second kappa shape index (κ2) is 4.81. The van der Waals surface area contributed by atoms with E-state index in [4.69, 9.17) is 4.74 Å². The number of carbonyl (C=O) groups is 1. The molecule has 0 radical (unpaired) electrons. The SMILES string of the molecule is CCOC(=O)c1c[nH]c2cc3ccccc3cc2c1=O. The Labute approximate surface area is 115 Å². The molecular weight excluding hydrogens is 254 g/mol. The number of H-pyrrole nitrogens is 1. The predicted octanol–water partition coefficient (Wildman–Crippen LogP) is 2.86. The molecule has 3 aromatic rings. The number of ether oxygens (including phenoxy) is 1. The molecule has 0 aliphatic heterocycles. The lowest BCUT2D eigenvalue weighted by Gasteiger charge is -2.05. The summed E-state index contributed by atoms with van der Waals surface area (Å²) in [7, 11) is 0. The second-order valence-electron chi connectivity index (χ2n) is 4.50. The molecule has 1 aromatic heterocycles. The van der Waals surface area contributed by atoms with Crippen molar-refractivity contribution in [3.05, 3.63) is 58.4 Å². The third-order valence-corrected chi connectivity index (χ3v) is 3.24. The van der Waals surface area contributed by atoms with Gasteiger partial charge < -0.3 is 9.72 Å². The quantitative estimate of drug-likeness (QED) is 0.573. The van der Waals surface area contributed by atoms with Gasteiger partial charge in [-0.25, -0.2) is 4.79 Å². The van der Waals surface area contributed by atoms with E-state index in [1.165, 1.54) is 6.20 Å². The molecule has 2 aromatic carbocycles. The molecule has 0 unspecified atom stereocenters. The van der Waals surface area contributed by atoms with Crippen molar-refractivity contribution in [2.45, 2.75) is 6.92 Å². The van der Waals surface area contributed by atoms with E-state index in [0.29, 0.717) is 10.9 Å². The molecule has 1 heterocycles. The lowest BCUT2D eigenvalue weighted by molar-refractivity contribution is 0.0524. The largest absolute Gasteiger partial charge is 0.462 e. The number of nitrogens with one attached hydrogen (secondary N) is 1. The number of pyridine rings is 1. The smallest absolute Gasteiger partial charge is 0.343 e. The van der Waals surface area contributed by atoms with Gasteiger partial charge in [0.15, 0.2) is 0 Å². The first kappa shape index (κ1) is 12.4. The molecule has 0 fully saturated rings. The van der Waals surface area contributed by atoms with Gasteiger partial charge in [-0.3, -0.25) is 4.79 Å². The molecule has 4 nitrogen and oxygen atoms in total. The maximum absolute atomic E-state index is 12.4. The van der Waals surface area contributed by atoms with Gasteiger partial charge in [0.1, 0.15) is 5.56 Å². The zero-order valence-electron chi connectivity index (χ0n) is 11.0. The number of aromatic amines is 1. The summed E-state index contributed by atoms with van der Waals surface area (Å²) in [5.74, 6) is -0.594. The number of benzene rings is 2. The van der Waals surface area contributed by atoms with Crippen LogP contribution in [-0.4, -0.2) is 17.6 Å². The third-order valence-electron chi connectivity index (χ3n) is 3.24. The predicted molar refractivity (Wildman–Crippen MR) is 78.0 cm³/mol. The van der Waals surface area contributed by atoms with Crippen molar-refractivity contribution >= 4 is 27.6 Å². The molecule has 100 valence electrons. The minimum absolute atomic E-state index is 0.0367. The minimum Gasteiger partial charge on any atom is -0.462 e. The first-order chi connectivity index (χ1) is 9.70. The van der Waals surface area contributed by atoms with Gasteiger partial charge in [-0.05, 0) is 29.8 Å². The summed E-state index contributed by atoms with van der Waals surface area (Å²) in [6, 6.07) is 11.5. The van der Waals surface area contributed by atoms with Crippen molar-refractivity contribution in [3.8, 4) is 0 Å². The number of fused-ring (bicyclic) bond motifs is 2. The Balaban J connectivity index is 2.29. The molecule has 0 saturated heterocycles. The van der Waals surface area contributed by atoms with Crippen LogP contribution in [0.25, 0.3) is 21.7 Å². The Morgan fingerprint density at radius 3 is 2.60 bits per heavy atom. The summed E-state index contributed by atoms with van der Waals surface area (Å²) in [6.45, 7) is 1.95. The zero-order chi connectivity index (χ0) is 14.1. The number of carbonyl (C=O) groups excluding carboxylic acids is 1. The van der Waals surface area contributed by atoms with Crippen LogP contribution < -0.4 is 5.43 Å². The molecule has 3 rings (SSSR count). The highest BCUT2D eigenvalue weighted by Gasteiger charge is 2.14. The van der Waals surface area contributed by atoms with Gasteiger partial charge in [0.2, 0.25) is 5.43 Å². The van der Waals surface area contributed by atoms with E-state index in [1.807, 2.05) is 30.3 Å². The number of hydrogen-bond donors (Lipinski definition) is 1. The fourth-order valence-electron chi connectivity index (χ4n) is 2.27. The van der Waals surface area contributed by atoms with Gasteiger partial charge in [-0.2, -0.15) is 0 Å². The average Bonchev–Trinajstić information content (AvgIpc) is 2.46. The van der Waals surface area contributed by atoms with Crippen molar-refractivity contribution in [1.82, 2.24) is 4.98 Å². The van der Waals surface area contributed by atoms with Crippen molar-refractivity contribution in [2.24, 2.45) is 0 Å². The van der Waals surface area contributed by atoms with Crippen molar-refractivity contribution in [3.63, 3.8) is 0 Å². The third kappa shape index (κ3) is 1.95. The highest BCUT2D eigenvalue weighted by molar-refractivity contribution is 5.99. The number of rotatable bonds is 2. The van der Waals surface area contributed by atoms with Crippen LogP contribution in [0.15, 0.2) is 47.4 Å². The lowest BCUT2D eigenvalue weighted by atomic mass is 10.1. The molecule has 0 saturated carbocycles. The van der Waals surface area contributed by atoms with E-state index < -0.39 is 5.97 Å². The Bertz CT molecular complexity index is 864. The van der Waals surface area contributed by atoms with Gasteiger partial charge in [0, 0.05) is 17.1 Å². The topological polar surface area (TPSA) is 59.2 Å². The summed E-state index contributed by atoms with van der Waals surface area (Å²) in [4.78, 5) is 27.1. The lowest BCUT2D eigenvalue weighted by Crippen LogP contribution is -2.18. The fourth-order valence-corrected chi connectivity index (χ4v) is 2.27. The highest BCUT2D eigenvalue weighted by atomic mass is 16.5. The van der Waals surface area contributed by atoms with Crippen LogP contribution in [0.4, 0.5) is 0 Å². The van der Waals surface area contributed by atoms with Gasteiger partial charge >= 0.3 is 5.97 Å². The van der Waals surface area contributed by atoms with Crippen LogP contribution in [-0.2, 0) is 4.74 Å². The van der Waals surface area contributed by atoms with E-state index in [9.17, 15) is 9.59 Å². The fraction of sp³-hybridized carbons (Fsp3) is 0.125. The van der Waals surface area contributed by atoms with Gasteiger partial charge in [0.25, 0.3) is 0 Å². The van der Waals surface area contributed by atoms with Crippen LogP contribution in [0, 0.1) is 0 Å². The number of esters is 1. The molecule has 4 heteroatoms. The average molecular weight is 267 g/mol. The van der Waals surface area contributed by atoms with E-state index in [1.54, 1.807) is 13.0 Å². The molecule has 0 aliphatic rings. The van der Waals surface area contributed by atoms with Crippen LogP contribution >= 0.6 is 0 Å². The zero-order valence-corrected chi connectivity index (χ0v) is 11.0. The first-order valence-electron chi connectivity index (χ1n) is 6.42. The van der Waals surface area contributed by atoms with Gasteiger partial charge in [-0.1, -0.05) is 24.3 Å². The van der Waals surface area contributed by atoms with Crippen LogP contribution in [0.1, 0.15) is 17.3 Å².